The van der Waals surface area contributed by atoms with E-state index in [0.29, 0.717) is 5.69 Å². The fraction of sp³-hybridized carbons (Fsp3) is 0.316. The summed E-state index contributed by atoms with van der Waals surface area (Å²) in [6, 6.07) is 11.5. The Bertz CT molecular complexity index is 732. The molecule has 2 aromatic carbocycles. The van der Waals surface area contributed by atoms with Gasteiger partial charge in [0.2, 0.25) is 0 Å². The summed E-state index contributed by atoms with van der Waals surface area (Å²) in [6.07, 6.45) is 0. The van der Waals surface area contributed by atoms with Gasteiger partial charge >= 0.3 is 6.61 Å². The molecule has 2 aromatic rings. The highest BCUT2D eigenvalue weighted by Crippen LogP contribution is 2.29. The number of amides is 1. The Hall–Kier alpha value is -2.83. The number of nitrogens with zero attached hydrogens (tertiary/aromatic N) is 1. The van der Waals surface area contributed by atoms with Crippen molar-refractivity contribution in [3.05, 3.63) is 48.0 Å². The maximum absolute atomic E-state index is 12.4. The summed E-state index contributed by atoms with van der Waals surface area (Å²) < 4.78 is 34.1. The summed E-state index contributed by atoms with van der Waals surface area (Å²) in [7, 11) is 1.32. The molecule has 0 unspecified atom stereocenters. The van der Waals surface area contributed by atoms with Gasteiger partial charge in [0.05, 0.1) is 7.11 Å². The molecule has 0 atom stereocenters. The molecular weight excluding hydrogens is 342 g/mol. The first-order valence-corrected chi connectivity index (χ1v) is 8.27. The lowest BCUT2D eigenvalue weighted by atomic mass is 10.1. The SMILES string of the molecule is CCN(CC)c1ccc(NC(=O)c2ccc(OC(F)F)c(OC)c2)cc1. The third-order valence-electron chi connectivity index (χ3n) is 3.90. The lowest BCUT2D eigenvalue weighted by molar-refractivity contribution is -0.0512. The Labute approximate surface area is 151 Å². The highest BCUT2D eigenvalue weighted by atomic mass is 19.3. The fourth-order valence-corrected chi connectivity index (χ4v) is 2.55. The summed E-state index contributed by atoms with van der Waals surface area (Å²) in [4.78, 5) is 14.6. The molecule has 0 saturated heterocycles. The van der Waals surface area contributed by atoms with Crippen molar-refractivity contribution in [2.24, 2.45) is 0 Å². The zero-order valence-electron chi connectivity index (χ0n) is 15.0. The van der Waals surface area contributed by atoms with E-state index in [2.05, 4.69) is 28.8 Å². The van der Waals surface area contributed by atoms with E-state index in [9.17, 15) is 13.6 Å². The zero-order chi connectivity index (χ0) is 19.1. The van der Waals surface area contributed by atoms with Crippen LogP contribution in [0, 0.1) is 0 Å². The fourth-order valence-electron chi connectivity index (χ4n) is 2.55. The average Bonchev–Trinajstić information content (AvgIpc) is 2.64. The van der Waals surface area contributed by atoms with Gasteiger partial charge in [-0.25, -0.2) is 0 Å². The zero-order valence-corrected chi connectivity index (χ0v) is 15.0. The van der Waals surface area contributed by atoms with Crippen LogP contribution in [0.1, 0.15) is 24.2 Å². The van der Waals surface area contributed by atoms with Gasteiger partial charge in [0.1, 0.15) is 0 Å². The highest BCUT2D eigenvalue weighted by Gasteiger charge is 2.14. The molecule has 0 aliphatic heterocycles. The summed E-state index contributed by atoms with van der Waals surface area (Å²) in [5, 5.41) is 2.77. The Morgan fingerprint density at radius 1 is 1.08 bits per heavy atom. The number of carbonyl (C=O) groups is 1. The minimum atomic E-state index is -2.96. The smallest absolute Gasteiger partial charge is 0.387 e. The summed E-state index contributed by atoms with van der Waals surface area (Å²) >= 11 is 0. The number of hydrogen-bond donors (Lipinski definition) is 1. The molecule has 0 spiro atoms. The number of anilines is 2. The third-order valence-corrected chi connectivity index (χ3v) is 3.90. The Balaban J connectivity index is 2.12. The van der Waals surface area contributed by atoms with Crippen molar-refractivity contribution in [1.29, 1.82) is 0 Å². The van der Waals surface area contributed by atoms with E-state index in [1.807, 2.05) is 24.3 Å². The molecule has 1 N–H and O–H groups in total. The minimum absolute atomic E-state index is 0.0647. The first-order chi connectivity index (χ1) is 12.5. The first kappa shape index (κ1) is 19.5. The van der Waals surface area contributed by atoms with E-state index < -0.39 is 6.61 Å². The lowest BCUT2D eigenvalue weighted by Gasteiger charge is -2.21. The number of rotatable bonds is 8. The van der Waals surface area contributed by atoms with Gasteiger partial charge in [0.25, 0.3) is 5.91 Å². The van der Waals surface area contributed by atoms with E-state index in [1.165, 1.54) is 25.3 Å². The molecule has 0 aromatic heterocycles. The molecule has 7 heteroatoms. The first-order valence-electron chi connectivity index (χ1n) is 8.27. The number of benzene rings is 2. The number of ether oxygens (including phenoxy) is 2. The predicted octanol–water partition coefficient (Wildman–Crippen LogP) is 4.40. The minimum Gasteiger partial charge on any atom is -0.493 e. The van der Waals surface area contributed by atoms with E-state index in [4.69, 9.17) is 4.74 Å². The molecule has 0 radical (unpaired) electrons. The number of hydrogen-bond acceptors (Lipinski definition) is 4. The van der Waals surface area contributed by atoms with Crippen LogP contribution in [0.3, 0.4) is 0 Å². The molecule has 0 fully saturated rings. The second kappa shape index (κ2) is 9.03. The number of methoxy groups -OCH3 is 1. The summed E-state index contributed by atoms with van der Waals surface area (Å²) in [6.45, 7) is 2.99. The number of nitrogens with one attached hydrogen (secondary N) is 1. The van der Waals surface area contributed by atoms with Crippen molar-refractivity contribution in [3.63, 3.8) is 0 Å². The molecule has 0 aliphatic rings. The second-order valence-electron chi connectivity index (χ2n) is 5.42. The van der Waals surface area contributed by atoms with Crippen LogP contribution >= 0.6 is 0 Å². The van der Waals surface area contributed by atoms with Gasteiger partial charge < -0.3 is 19.7 Å². The van der Waals surface area contributed by atoms with Crippen LogP contribution in [0.2, 0.25) is 0 Å². The third kappa shape index (κ3) is 4.84. The van der Waals surface area contributed by atoms with Crippen LogP contribution in [0.25, 0.3) is 0 Å². The Kier molecular flexibility index (Phi) is 6.77. The van der Waals surface area contributed by atoms with Crippen molar-refractivity contribution < 1.29 is 23.0 Å². The maximum atomic E-state index is 12.4. The summed E-state index contributed by atoms with van der Waals surface area (Å²) in [5.41, 5.74) is 1.98. The van der Waals surface area contributed by atoms with Crippen LogP contribution in [-0.2, 0) is 0 Å². The van der Waals surface area contributed by atoms with Gasteiger partial charge in [-0.2, -0.15) is 8.78 Å². The topological polar surface area (TPSA) is 50.8 Å². The van der Waals surface area contributed by atoms with E-state index in [1.54, 1.807) is 0 Å². The van der Waals surface area contributed by atoms with Gasteiger partial charge in [0, 0.05) is 30.0 Å². The molecule has 140 valence electrons. The Morgan fingerprint density at radius 3 is 2.27 bits per heavy atom. The average molecular weight is 364 g/mol. The monoisotopic (exact) mass is 364 g/mol. The molecule has 2 rings (SSSR count). The second-order valence-corrected chi connectivity index (χ2v) is 5.42. The standard InChI is InChI=1S/C19H22F2N2O3/c1-4-23(5-2)15-9-7-14(8-10-15)22-18(24)13-6-11-16(26-19(20)21)17(12-13)25-3/h6-12,19H,4-5H2,1-3H3,(H,22,24). The van der Waals surface area contributed by atoms with Crippen LogP contribution in [0.15, 0.2) is 42.5 Å². The van der Waals surface area contributed by atoms with Crippen molar-refractivity contribution in [1.82, 2.24) is 0 Å². The molecule has 0 bridgehead atoms. The quantitative estimate of drug-likeness (QED) is 0.755. The van der Waals surface area contributed by atoms with Crippen molar-refractivity contribution in [3.8, 4) is 11.5 Å². The van der Waals surface area contributed by atoms with Gasteiger partial charge in [-0.1, -0.05) is 0 Å². The van der Waals surface area contributed by atoms with Crippen molar-refractivity contribution in [2.45, 2.75) is 20.5 Å². The van der Waals surface area contributed by atoms with Crippen molar-refractivity contribution >= 4 is 17.3 Å². The number of carbonyl (C=O) groups excluding carboxylic acids is 1. The van der Waals surface area contributed by atoms with Gasteiger partial charge in [-0.15, -0.1) is 0 Å². The Morgan fingerprint density at radius 2 is 1.73 bits per heavy atom. The lowest BCUT2D eigenvalue weighted by Crippen LogP contribution is -2.21. The summed E-state index contributed by atoms with van der Waals surface area (Å²) in [5.74, 6) is -0.431. The molecule has 5 nitrogen and oxygen atoms in total. The van der Waals surface area contributed by atoms with Crippen LogP contribution in [-0.4, -0.2) is 32.7 Å². The van der Waals surface area contributed by atoms with Crippen molar-refractivity contribution in [2.75, 3.05) is 30.4 Å². The van der Waals surface area contributed by atoms with Gasteiger partial charge in [0.15, 0.2) is 11.5 Å². The number of alkyl halides is 2. The molecule has 0 heterocycles. The molecule has 26 heavy (non-hydrogen) atoms. The van der Waals surface area contributed by atoms with E-state index >= 15 is 0 Å². The normalized spacial score (nSPS) is 10.5. The molecule has 0 saturated carbocycles. The maximum Gasteiger partial charge on any atom is 0.387 e. The van der Waals surface area contributed by atoms with Gasteiger partial charge in [-0.05, 0) is 56.3 Å². The number of halogens is 2. The van der Waals surface area contributed by atoms with Gasteiger partial charge in [-0.3, -0.25) is 4.79 Å². The predicted molar refractivity (Wildman–Crippen MR) is 97.6 cm³/mol. The molecule has 0 aliphatic carbocycles. The van der Waals surface area contributed by atoms with Crippen LogP contribution < -0.4 is 19.7 Å². The van der Waals surface area contributed by atoms with E-state index in [-0.39, 0.29) is 23.0 Å². The van der Waals surface area contributed by atoms with Crippen LogP contribution in [0.4, 0.5) is 20.2 Å². The molecule has 1 amide bonds. The van der Waals surface area contributed by atoms with E-state index in [0.717, 1.165) is 18.8 Å². The largest absolute Gasteiger partial charge is 0.493 e. The highest BCUT2D eigenvalue weighted by molar-refractivity contribution is 6.04. The van der Waals surface area contributed by atoms with Crippen LogP contribution in [0.5, 0.6) is 11.5 Å². The molecular formula is C19H22F2N2O3.